The van der Waals surface area contributed by atoms with E-state index in [1.165, 1.54) is 21.3 Å². The zero-order valence-corrected chi connectivity index (χ0v) is 16.4. The van der Waals surface area contributed by atoms with Gasteiger partial charge in [0.25, 0.3) is 0 Å². The molecular formula is C7H22O8Si4. The second-order valence-electron chi connectivity index (χ2n) is 3.72. The first-order valence-electron chi connectivity index (χ1n) is 5.93. The van der Waals surface area contributed by atoms with Crippen LogP contribution in [0.25, 0.3) is 0 Å². The fourth-order valence-electron chi connectivity index (χ4n) is 1.53. The van der Waals surface area contributed by atoms with Gasteiger partial charge in [-0.2, -0.15) is 0 Å². The van der Waals surface area contributed by atoms with Crippen molar-refractivity contribution in [2.75, 3.05) is 28.4 Å². The van der Waals surface area contributed by atoms with Gasteiger partial charge >= 0.3 is 37.4 Å². The molecule has 12 heteroatoms. The van der Waals surface area contributed by atoms with Gasteiger partial charge in [0.1, 0.15) is 0 Å². The van der Waals surface area contributed by atoms with Crippen LogP contribution in [0.1, 0.15) is 13.3 Å². The summed E-state index contributed by atoms with van der Waals surface area (Å²) in [7, 11) is -3.79. The summed E-state index contributed by atoms with van der Waals surface area (Å²) in [5.41, 5.74) is 0. The van der Waals surface area contributed by atoms with Crippen molar-refractivity contribution in [3.8, 4) is 0 Å². The maximum Gasteiger partial charge on any atom is 0.485 e. The number of hydrogen-bond acceptors (Lipinski definition) is 8. The van der Waals surface area contributed by atoms with E-state index in [0.717, 1.165) is 6.42 Å². The third-order valence-corrected chi connectivity index (χ3v) is 13.3. The summed E-state index contributed by atoms with van der Waals surface area (Å²) in [6.45, 7) is 2.03. The molecule has 2 atom stereocenters. The van der Waals surface area contributed by atoms with Crippen LogP contribution in [0.4, 0.5) is 0 Å². The van der Waals surface area contributed by atoms with Crippen molar-refractivity contribution in [1.82, 2.24) is 0 Å². The first-order chi connectivity index (χ1) is 9.12. The predicted molar refractivity (Wildman–Crippen MR) is 74.7 cm³/mol. The summed E-state index contributed by atoms with van der Waals surface area (Å²) in [6.07, 6.45) is 0.862. The highest BCUT2D eigenvalue weighted by atomic mass is 28.5. The minimum Gasteiger partial charge on any atom is -0.380 e. The summed E-state index contributed by atoms with van der Waals surface area (Å²) in [6, 6.07) is 0.662. The first-order valence-corrected chi connectivity index (χ1v) is 12.1. The van der Waals surface area contributed by atoms with E-state index in [-0.39, 0.29) is 0 Å². The Kier molecular flexibility index (Phi) is 8.10. The quantitative estimate of drug-likeness (QED) is 0.576. The Labute approximate surface area is 120 Å². The molecule has 0 spiro atoms. The normalized spacial score (nSPS) is 36.8. The minimum atomic E-state index is -2.86. The molecule has 0 aromatic rings. The van der Waals surface area contributed by atoms with Gasteiger partial charge in [-0.15, -0.1) is 0 Å². The molecule has 0 radical (unpaired) electrons. The fraction of sp³-hybridized carbons (Fsp3) is 1.00. The molecule has 19 heavy (non-hydrogen) atoms. The van der Waals surface area contributed by atoms with E-state index < -0.39 is 37.4 Å². The molecule has 1 aliphatic heterocycles. The number of hydrogen-bond donors (Lipinski definition) is 0. The smallest absolute Gasteiger partial charge is 0.380 e. The van der Waals surface area contributed by atoms with E-state index in [4.69, 9.17) is 34.2 Å². The molecule has 0 bridgehead atoms. The summed E-state index contributed by atoms with van der Waals surface area (Å²) in [5, 5.41) is 0. The van der Waals surface area contributed by atoms with Gasteiger partial charge in [0.2, 0.25) is 0 Å². The molecule has 1 aliphatic rings. The Balaban J connectivity index is 2.87. The van der Waals surface area contributed by atoms with Gasteiger partial charge in [0.05, 0.1) is 0 Å². The lowest BCUT2D eigenvalue weighted by Crippen LogP contribution is -2.59. The van der Waals surface area contributed by atoms with Gasteiger partial charge in [-0.05, 0) is 0 Å². The lowest BCUT2D eigenvalue weighted by atomic mass is 10.6. The van der Waals surface area contributed by atoms with Crippen LogP contribution in [0.2, 0.25) is 6.04 Å². The molecule has 1 rings (SSSR count). The van der Waals surface area contributed by atoms with E-state index in [1.807, 2.05) is 6.92 Å². The molecule has 0 aromatic heterocycles. The maximum absolute atomic E-state index is 5.90. The van der Waals surface area contributed by atoms with Crippen LogP contribution in [-0.4, -0.2) is 65.8 Å². The average molecular weight is 347 g/mol. The molecule has 0 aliphatic carbocycles. The van der Waals surface area contributed by atoms with Crippen molar-refractivity contribution in [2.24, 2.45) is 0 Å². The van der Waals surface area contributed by atoms with Crippen LogP contribution in [-0.2, 0) is 34.2 Å². The van der Waals surface area contributed by atoms with Crippen molar-refractivity contribution in [2.45, 2.75) is 19.4 Å². The van der Waals surface area contributed by atoms with Gasteiger partial charge in [0.15, 0.2) is 0 Å². The molecule has 0 aromatic carbocycles. The van der Waals surface area contributed by atoms with Crippen LogP contribution in [0, 0.1) is 0 Å². The molecular weight excluding hydrogens is 324 g/mol. The summed E-state index contributed by atoms with van der Waals surface area (Å²) < 4.78 is 44.3. The molecule has 0 N–H and O–H groups in total. The highest BCUT2D eigenvalue weighted by Crippen LogP contribution is 2.22. The van der Waals surface area contributed by atoms with Gasteiger partial charge in [-0.25, -0.2) is 0 Å². The zero-order valence-electron chi connectivity index (χ0n) is 11.9. The highest BCUT2D eigenvalue weighted by molar-refractivity contribution is 6.76. The maximum atomic E-state index is 5.90. The standard InChI is InChI=1S/C7H22O8Si4/c1-6-7-19(11-5)14-17(9-3)12-16(8-2)13-18(10-4)15-19/h16-18H,6-7H2,1-5H3. The van der Waals surface area contributed by atoms with Crippen LogP contribution in [0.5, 0.6) is 0 Å². The lowest BCUT2D eigenvalue weighted by molar-refractivity contribution is 0.0792. The van der Waals surface area contributed by atoms with Crippen molar-refractivity contribution in [3.63, 3.8) is 0 Å². The van der Waals surface area contributed by atoms with E-state index in [0.29, 0.717) is 6.04 Å². The fourth-order valence-corrected chi connectivity index (χ4v) is 13.4. The van der Waals surface area contributed by atoms with Crippen LogP contribution in [0.3, 0.4) is 0 Å². The van der Waals surface area contributed by atoms with Crippen molar-refractivity contribution in [3.05, 3.63) is 0 Å². The van der Waals surface area contributed by atoms with Gasteiger partial charge in [0, 0.05) is 34.5 Å². The van der Waals surface area contributed by atoms with Crippen LogP contribution < -0.4 is 0 Å². The predicted octanol–water partition coefficient (Wildman–Crippen LogP) is -0.847. The molecule has 1 heterocycles. The summed E-state index contributed by atoms with van der Waals surface area (Å²) >= 11 is 0. The molecule has 0 saturated carbocycles. The van der Waals surface area contributed by atoms with E-state index in [1.54, 1.807) is 7.11 Å². The molecule has 1 saturated heterocycles. The van der Waals surface area contributed by atoms with E-state index >= 15 is 0 Å². The van der Waals surface area contributed by atoms with Gasteiger partial charge in [-0.3, -0.25) is 0 Å². The Morgan fingerprint density at radius 1 is 0.842 bits per heavy atom. The SMILES string of the molecule is CCC[Si]1(OC)O[SiH](OC)O[SiH](OC)O[SiH](OC)O1. The summed E-state index contributed by atoms with van der Waals surface area (Å²) in [5.74, 6) is 0. The Bertz CT molecular complexity index is 243. The topological polar surface area (TPSA) is 73.8 Å². The second kappa shape index (κ2) is 8.75. The Hall–Kier alpha value is 0.548. The monoisotopic (exact) mass is 346 g/mol. The molecule has 8 nitrogen and oxygen atoms in total. The first kappa shape index (κ1) is 17.6. The van der Waals surface area contributed by atoms with Crippen molar-refractivity contribution in [1.29, 1.82) is 0 Å². The Morgan fingerprint density at radius 3 is 1.63 bits per heavy atom. The number of rotatable bonds is 6. The van der Waals surface area contributed by atoms with Crippen molar-refractivity contribution >= 4 is 37.4 Å². The third-order valence-electron chi connectivity index (χ3n) is 2.44. The summed E-state index contributed by atoms with van der Waals surface area (Å²) in [4.78, 5) is 0. The molecule has 2 unspecified atom stereocenters. The zero-order chi connectivity index (χ0) is 14.3. The lowest BCUT2D eigenvalue weighted by Gasteiger charge is -2.36. The molecule has 1 fully saturated rings. The van der Waals surface area contributed by atoms with E-state index in [2.05, 4.69) is 0 Å². The minimum absolute atomic E-state index is 0.662. The largest absolute Gasteiger partial charge is 0.485 e. The van der Waals surface area contributed by atoms with Crippen molar-refractivity contribution < 1.29 is 34.2 Å². The highest BCUT2D eigenvalue weighted by Gasteiger charge is 2.49. The van der Waals surface area contributed by atoms with Crippen LogP contribution in [0.15, 0.2) is 0 Å². The van der Waals surface area contributed by atoms with E-state index in [9.17, 15) is 0 Å². The third kappa shape index (κ3) is 5.10. The average Bonchev–Trinajstić information content (AvgIpc) is 2.41. The Morgan fingerprint density at radius 2 is 1.32 bits per heavy atom. The van der Waals surface area contributed by atoms with Gasteiger partial charge < -0.3 is 34.2 Å². The molecule has 0 amide bonds. The molecule has 114 valence electrons. The van der Waals surface area contributed by atoms with Crippen LogP contribution >= 0.6 is 0 Å². The van der Waals surface area contributed by atoms with Gasteiger partial charge in [-0.1, -0.05) is 13.3 Å². The second-order valence-corrected chi connectivity index (χ2v) is 13.2.